The number of piperidine rings is 1. The minimum Gasteiger partial charge on any atom is -0.457 e. The summed E-state index contributed by atoms with van der Waals surface area (Å²) in [6.45, 7) is 9.04. The molecule has 2 aliphatic rings. The second-order valence-electron chi connectivity index (χ2n) is 11.1. The fourth-order valence-electron chi connectivity index (χ4n) is 5.50. The monoisotopic (exact) mass is 592 g/mol. The summed E-state index contributed by atoms with van der Waals surface area (Å²) in [5.41, 5.74) is 0.866. The summed E-state index contributed by atoms with van der Waals surface area (Å²) in [6.07, 6.45) is 3.86. The number of rotatable bonds is 10. The van der Waals surface area contributed by atoms with Gasteiger partial charge in [-0.2, -0.15) is 0 Å². The summed E-state index contributed by atoms with van der Waals surface area (Å²) in [7, 11) is -3.32. The van der Waals surface area contributed by atoms with Gasteiger partial charge in [0, 0.05) is 31.9 Å². The van der Waals surface area contributed by atoms with Gasteiger partial charge in [-0.25, -0.2) is 8.42 Å². The highest BCUT2D eigenvalue weighted by atomic mass is 35.5. The third-order valence-electron chi connectivity index (χ3n) is 7.37. The van der Waals surface area contributed by atoms with Crippen LogP contribution in [0.25, 0.3) is 0 Å². The molecular weight excluding hydrogens is 552 g/mol. The molecule has 0 radical (unpaired) electrons. The highest BCUT2D eigenvalue weighted by Gasteiger charge is 2.53. The average molecular weight is 593 g/mol. The van der Waals surface area contributed by atoms with E-state index in [-0.39, 0.29) is 24.2 Å². The van der Waals surface area contributed by atoms with Gasteiger partial charge in [0.2, 0.25) is 21.8 Å². The molecule has 0 bridgehead atoms. The van der Waals surface area contributed by atoms with Crippen LogP contribution in [0.1, 0.15) is 52.0 Å². The van der Waals surface area contributed by atoms with Crippen LogP contribution in [0.4, 0.5) is 5.69 Å². The van der Waals surface area contributed by atoms with Crippen LogP contribution in [-0.2, 0) is 26.2 Å². The van der Waals surface area contributed by atoms with E-state index in [1.807, 2.05) is 29.2 Å². The molecule has 1 atom stereocenters. The summed E-state index contributed by atoms with van der Waals surface area (Å²) in [4.78, 5) is 30.9. The van der Waals surface area contributed by atoms with Crippen molar-refractivity contribution in [1.82, 2.24) is 15.1 Å². The van der Waals surface area contributed by atoms with Gasteiger partial charge in [-0.1, -0.05) is 32.9 Å². The molecule has 9 nitrogen and oxygen atoms in total. The number of piperazine rings is 1. The first-order valence-electron chi connectivity index (χ1n) is 13.7. The van der Waals surface area contributed by atoms with Gasteiger partial charge in [-0.15, -0.1) is 12.4 Å². The molecule has 0 aliphatic carbocycles. The number of nitrogens with one attached hydrogen (secondary N) is 2. The van der Waals surface area contributed by atoms with E-state index < -0.39 is 21.6 Å². The van der Waals surface area contributed by atoms with Crippen LogP contribution in [0, 0.1) is 5.92 Å². The number of amides is 2. The lowest BCUT2D eigenvalue weighted by Crippen LogP contribution is -2.73. The van der Waals surface area contributed by atoms with E-state index in [0.717, 1.165) is 37.9 Å². The van der Waals surface area contributed by atoms with E-state index in [1.54, 1.807) is 24.3 Å². The number of halogens is 1. The topological polar surface area (TPSA) is 108 Å². The zero-order chi connectivity index (χ0) is 28.2. The van der Waals surface area contributed by atoms with Gasteiger partial charge in [0.05, 0.1) is 6.26 Å². The number of hydrogen-bond acceptors (Lipinski definition) is 6. The van der Waals surface area contributed by atoms with E-state index in [4.69, 9.17) is 4.74 Å². The maximum Gasteiger partial charge on any atom is 0.246 e. The number of ether oxygens (including phenoxy) is 1. The Kier molecular flexibility index (Phi) is 10.5. The van der Waals surface area contributed by atoms with Crippen molar-refractivity contribution in [3.8, 4) is 11.5 Å². The van der Waals surface area contributed by atoms with Crippen molar-refractivity contribution in [2.24, 2.45) is 5.92 Å². The molecule has 1 spiro atoms. The van der Waals surface area contributed by atoms with Crippen molar-refractivity contribution >= 4 is 39.9 Å². The third-order valence-corrected chi connectivity index (χ3v) is 7.98. The smallest absolute Gasteiger partial charge is 0.246 e. The van der Waals surface area contributed by atoms with Crippen LogP contribution in [0.15, 0.2) is 48.5 Å². The summed E-state index contributed by atoms with van der Waals surface area (Å²) >= 11 is 0. The van der Waals surface area contributed by atoms with Crippen LogP contribution >= 0.6 is 12.4 Å². The Morgan fingerprint density at radius 1 is 1.02 bits per heavy atom. The first-order valence-corrected chi connectivity index (χ1v) is 15.6. The van der Waals surface area contributed by atoms with Crippen molar-refractivity contribution in [2.75, 3.05) is 30.6 Å². The molecule has 220 valence electrons. The van der Waals surface area contributed by atoms with E-state index in [1.165, 1.54) is 0 Å². The number of anilines is 1. The summed E-state index contributed by atoms with van der Waals surface area (Å²) in [6, 6.07) is 14.2. The highest BCUT2D eigenvalue weighted by Crippen LogP contribution is 2.34. The molecule has 2 N–H and O–H groups in total. The molecule has 2 aromatic carbocycles. The fraction of sp³-hybridized carbons (Fsp3) is 0.517. The lowest BCUT2D eigenvalue weighted by Gasteiger charge is -2.52. The summed E-state index contributed by atoms with van der Waals surface area (Å²) < 4.78 is 31.1. The van der Waals surface area contributed by atoms with E-state index in [9.17, 15) is 18.0 Å². The summed E-state index contributed by atoms with van der Waals surface area (Å²) in [5.74, 6) is 1.69. The number of benzene rings is 2. The Labute approximate surface area is 244 Å². The van der Waals surface area contributed by atoms with Crippen molar-refractivity contribution < 1.29 is 22.7 Å². The molecule has 2 aliphatic heterocycles. The van der Waals surface area contributed by atoms with Gasteiger partial charge in [0.15, 0.2) is 0 Å². The number of carbonyl (C=O) groups is 2. The zero-order valence-electron chi connectivity index (χ0n) is 23.7. The van der Waals surface area contributed by atoms with Gasteiger partial charge in [0.25, 0.3) is 0 Å². The van der Waals surface area contributed by atoms with E-state index >= 15 is 0 Å². The van der Waals surface area contributed by atoms with Crippen molar-refractivity contribution in [1.29, 1.82) is 0 Å². The number of likely N-dealkylation sites (tertiary alicyclic amines) is 1. The van der Waals surface area contributed by atoms with E-state index in [2.05, 4.69) is 35.7 Å². The molecule has 0 aromatic heterocycles. The van der Waals surface area contributed by atoms with Crippen LogP contribution < -0.4 is 14.8 Å². The van der Waals surface area contributed by atoms with Crippen LogP contribution in [0.2, 0.25) is 0 Å². The Morgan fingerprint density at radius 2 is 1.60 bits per heavy atom. The zero-order valence-corrected chi connectivity index (χ0v) is 25.3. The molecule has 11 heteroatoms. The average Bonchev–Trinajstić information content (AvgIpc) is 2.87. The predicted octanol–water partition coefficient (Wildman–Crippen LogP) is 4.39. The lowest BCUT2D eigenvalue weighted by molar-refractivity contribution is -0.161. The van der Waals surface area contributed by atoms with Crippen LogP contribution in [-0.4, -0.2) is 67.5 Å². The molecule has 2 fully saturated rings. The fourth-order valence-corrected chi connectivity index (χ4v) is 6.06. The molecule has 2 amide bonds. The second-order valence-corrected chi connectivity index (χ2v) is 12.8. The molecule has 4 rings (SSSR count). The third kappa shape index (κ3) is 7.67. The number of carbonyl (C=O) groups excluding carboxylic acids is 2. The SMILES string of the molecule is CCCN1C(=O)[C@H](CC(C)C)NC(=O)C12CCN(Cc1ccc(Oc3ccc(NS(C)(=O)=O)cc3)cc1)CC2.Cl. The lowest BCUT2D eigenvalue weighted by atomic mass is 9.80. The maximum atomic E-state index is 13.4. The van der Waals surface area contributed by atoms with Crippen molar-refractivity contribution in [3.05, 3.63) is 54.1 Å². The minimum absolute atomic E-state index is 0. The molecule has 0 saturated carbocycles. The highest BCUT2D eigenvalue weighted by molar-refractivity contribution is 7.92. The summed E-state index contributed by atoms with van der Waals surface area (Å²) in [5, 5.41) is 3.06. The minimum atomic E-state index is -3.32. The van der Waals surface area contributed by atoms with Gasteiger partial charge in [0.1, 0.15) is 23.1 Å². The predicted molar refractivity (Wildman–Crippen MR) is 159 cm³/mol. The normalized spacial score (nSPS) is 19.3. The molecule has 2 heterocycles. The first-order chi connectivity index (χ1) is 18.5. The standard InChI is InChI=1S/C29H40N4O5S.ClH/c1-5-16-33-27(34)26(19-21(2)3)30-28(35)29(33)14-17-32(18-15-29)20-22-6-10-24(11-7-22)38-25-12-8-23(9-13-25)31-39(4,36)37;/h6-13,21,26,31H,5,14-20H2,1-4H3,(H,30,35);1H/t26-;/m0./s1. The van der Waals surface area contributed by atoms with Crippen molar-refractivity contribution in [3.63, 3.8) is 0 Å². The molecule has 2 saturated heterocycles. The Bertz CT molecular complexity index is 1260. The quantitative estimate of drug-likeness (QED) is 0.424. The van der Waals surface area contributed by atoms with Gasteiger partial charge >= 0.3 is 0 Å². The van der Waals surface area contributed by atoms with Gasteiger partial charge in [-0.05, 0) is 73.6 Å². The van der Waals surface area contributed by atoms with Crippen LogP contribution in [0.5, 0.6) is 11.5 Å². The number of hydrogen-bond donors (Lipinski definition) is 2. The molecule has 40 heavy (non-hydrogen) atoms. The Balaban J connectivity index is 0.00000441. The van der Waals surface area contributed by atoms with Gasteiger partial charge in [-0.3, -0.25) is 19.2 Å². The molecule has 2 aromatic rings. The first kappa shape index (κ1) is 31.7. The second kappa shape index (κ2) is 13.2. The Hall–Kier alpha value is -2.82. The van der Waals surface area contributed by atoms with E-state index in [0.29, 0.717) is 48.9 Å². The maximum absolute atomic E-state index is 13.4. The van der Waals surface area contributed by atoms with Crippen molar-refractivity contribution in [2.45, 2.75) is 64.6 Å². The largest absolute Gasteiger partial charge is 0.457 e. The molecular formula is C29H41ClN4O5S. The van der Waals surface area contributed by atoms with Crippen LogP contribution in [0.3, 0.4) is 0 Å². The molecule has 0 unspecified atom stereocenters. The number of sulfonamides is 1. The number of nitrogens with zero attached hydrogens (tertiary/aromatic N) is 2. The van der Waals surface area contributed by atoms with Gasteiger partial charge < -0.3 is 15.0 Å². The Morgan fingerprint density at radius 3 is 2.12 bits per heavy atom.